The van der Waals surface area contributed by atoms with Gasteiger partial charge in [0.25, 0.3) is 11.5 Å². The van der Waals surface area contributed by atoms with Crippen LogP contribution in [0.2, 0.25) is 0 Å². The number of amides is 1. The highest BCUT2D eigenvalue weighted by atomic mass is 16.1. The number of rotatable bonds is 8. The zero-order valence-electron chi connectivity index (χ0n) is 24.3. The van der Waals surface area contributed by atoms with Crippen LogP contribution in [0.15, 0.2) is 35.4 Å². The first kappa shape index (κ1) is 28.5. The molecular formula is C31H42N6O2. The van der Waals surface area contributed by atoms with Crippen LogP contribution < -0.4 is 16.2 Å². The van der Waals surface area contributed by atoms with E-state index in [2.05, 4.69) is 57.6 Å². The van der Waals surface area contributed by atoms with Crippen molar-refractivity contribution in [2.45, 2.75) is 78.9 Å². The molecule has 0 saturated heterocycles. The standard InChI is InChI=1S/C31H42N6O2/c1-18-12-19(2)35-31(39)27(18)16-34-30(38)26-13-24(29-17-32-20(3)15-33-29)14-28(21(26)4)36-22(5)23-8-10-25(11-9-23)37(6)7/h12-15,17,22-23,25,36H,8-11,16H2,1-7H3,(H,34,38)(H,35,39). The second-order valence-electron chi connectivity index (χ2n) is 11.3. The molecule has 1 fully saturated rings. The predicted molar refractivity (Wildman–Crippen MR) is 157 cm³/mol. The lowest BCUT2D eigenvalue weighted by molar-refractivity contribution is 0.0950. The third-order valence-electron chi connectivity index (χ3n) is 8.21. The second-order valence-corrected chi connectivity index (χ2v) is 11.3. The third-order valence-corrected chi connectivity index (χ3v) is 8.21. The van der Waals surface area contributed by atoms with Gasteiger partial charge in [-0.1, -0.05) is 0 Å². The summed E-state index contributed by atoms with van der Waals surface area (Å²) >= 11 is 0. The topological polar surface area (TPSA) is 103 Å². The molecule has 1 amide bonds. The van der Waals surface area contributed by atoms with Gasteiger partial charge in [0.1, 0.15) is 0 Å². The van der Waals surface area contributed by atoms with Gasteiger partial charge in [0.2, 0.25) is 0 Å². The highest BCUT2D eigenvalue weighted by molar-refractivity contribution is 5.98. The van der Waals surface area contributed by atoms with Crippen LogP contribution in [0.5, 0.6) is 0 Å². The summed E-state index contributed by atoms with van der Waals surface area (Å²) in [5.74, 6) is 0.341. The van der Waals surface area contributed by atoms with Crippen LogP contribution in [0.3, 0.4) is 0 Å². The molecular weight excluding hydrogens is 488 g/mol. The zero-order valence-corrected chi connectivity index (χ0v) is 24.3. The van der Waals surface area contributed by atoms with Gasteiger partial charge in [-0.2, -0.15) is 0 Å². The van der Waals surface area contributed by atoms with Crippen molar-refractivity contribution in [1.82, 2.24) is 25.2 Å². The predicted octanol–water partition coefficient (Wildman–Crippen LogP) is 4.92. The maximum Gasteiger partial charge on any atom is 0.253 e. The van der Waals surface area contributed by atoms with Gasteiger partial charge in [0.15, 0.2) is 0 Å². The Morgan fingerprint density at radius 2 is 1.77 bits per heavy atom. The van der Waals surface area contributed by atoms with E-state index in [0.29, 0.717) is 28.8 Å². The van der Waals surface area contributed by atoms with E-state index in [-0.39, 0.29) is 24.1 Å². The lowest BCUT2D eigenvalue weighted by Crippen LogP contribution is -2.36. The molecule has 2 aromatic heterocycles. The van der Waals surface area contributed by atoms with Crippen molar-refractivity contribution in [2.75, 3.05) is 19.4 Å². The molecule has 208 valence electrons. The quantitative estimate of drug-likeness (QED) is 0.382. The van der Waals surface area contributed by atoms with Crippen molar-refractivity contribution >= 4 is 11.6 Å². The van der Waals surface area contributed by atoms with Gasteiger partial charge in [-0.25, -0.2) is 0 Å². The van der Waals surface area contributed by atoms with Gasteiger partial charge in [0.05, 0.1) is 17.6 Å². The van der Waals surface area contributed by atoms with E-state index >= 15 is 0 Å². The Kier molecular flexibility index (Phi) is 8.85. The summed E-state index contributed by atoms with van der Waals surface area (Å²) in [6.07, 6.45) is 8.24. The number of benzene rings is 1. The number of hydrogen-bond acceptors (Lipinski definition) is 6. The maximum atomic E-state index is 13.5. The van der Waals surface area contributed by atoms with Crippen molar-refractivity contribution in [2.24, 2.45) is 5.92 Å². The summed E-state index contributed by atoms with van der Waals surface area (Å²) in [6, 6.07) is 6.77. The van der Waals surface area contributed by atoms with Gasteiger partial charge in [-0.15, -0.1) is 0 Å². The number of carbonyl (C=O) groups excluding carboxylic acids is 1. The van der Waals surface area contributed by atoms with Crippen molar-refractivity contribution in [3.05, 3.63) is 74.6 Å². The fourth-order valence-corrected chi connectivity index (χ4v) is 5.64. The third kappa shape index (κ3) is 6.74. The Labute approximate surface area is 231 Å². The molecule has 1 aromatic carbocycles. The molecule has 1 unspecified atom stereocenters. The lowest BCUT2D eigenvalue weighted by Gasteiger charge is -2.36. The van der Waals surface area contributed by atoms with Crippen LogP contribution in [0.4, 0.5) is 5.69 Å². The normalized spacial score (nSPS) is 18.2. The number of H-pyrrole nitrogens is 1. The SMILES string of the molecule is Cc1cnc(-c2cc(NC(C)C3CCC(N(C)C)CC3)c(C)c(C(=O)NCc3c(C)cc(C)[nH]c3=O)c2)cn1. The van der Waals surface area contributed by atoms with Gasteiger partial charge in [-0.3, -0.25) is 19.6 Å². The second kappa shape index (κ2) is 12.1. The smallest absolute Gasteiger partial charge is 0.253 e. The van der Waals surface area contributed by atoms with Crippen molar-refractivity contribution in [3.63, 3.8) is 0 Å². The maximum absolute atomic E-state index is 13.5. The molecule has 8 nitrogen and oxygen atoms in total. The van der Waals surface area contributed by atoms with E-state index in [0.717, 1.165) is 33.8 Å². The highest BCUT2D eigenvalue weighted by Gasteiger charge is 2.27. The van der Waals surface area contributed by atoms with Crippen LogP contribution in [0.1, 0.15) is 71.0 Å². The van der Waals surface area contributed by atoms with Gasteiger partial charge in [-0.05, 0) is 110 Å². The van der Waals surface area contributed by atoms with Crippen LogP contribution in [-0.4, -0.2) is 51.9 Å². The summed E-state index contributed by atoms with van der Waals surface area (Å²) < 4.78 is 0. The minimum atomic E-state index is -0.226. The lowest BCUT2D eigenvalue weighted by atomic mass is 9.81. The van der Waals surface area contributed by atoms with Crippen LogP contribution in [-0.2, 0) is 6.54 Å². The summed E-state index contributed by atoms with van der Waals surface area (Å²) in [7, 11) is 4.33. The number of hydrogen-bond donors (Lipinski definition) is 3. The fraction of sp³-hybridized carbons (Fsp3) is 0.484. The molecule has 1 saturated carbocycles. The summed E-state index contributed by atoms with van der Waals surface area (Å²) in [5.41, 5.74) is 6.78. The number of aromatic nitrogens is 3. The summed E-state index contributed by atoms with van der Waals surface area (Å²) in [5, 5.41) is 6.72. The van der Waals surface area contributed by atoms with Gasteiger partial charge >= 0.3 is 0 Å². The molecule has 8 heteroatoms. The molecule has 0 radical (unpaired) electrons. The minimum absolute atomic E-state index is 0.155. The van der Waals surface area contributed by atoms with Gasteiger partial charge in [0, 0.05) is 52.9 Å². The van der Waals surface area contributed by atoms with E-state index in [1.807, 2.05) is 39.8 Å². The molecule has 1 atom stereocenters. The number of carbonyl (C=O) groups is 1. The molecule has 0 aliphatic heterocycles. The highest BCUT2D eigenvalue weighted by Crippen LogP contribution is 2.33. The van der Waals surface area contributed by atoms with E-state index in [9.17, 15) is 9.59 Å². The largest absolute Gasteiger partial charge is 0.382 e. The first-order chi connectivity index (χ1) is 18.5. The molecule has 39 heavy (non-hydrogen) atoms. The average molecular weight is 531 g/mol. The Balaban J connectivity index is 1.61. The molecule has 1 aliphatic rings. The monoisotopic (exact) mass is 530 g/mol. The molecule has 1 aliphatic carbocycles. The van der Waals surface area contributed by atoms with E-state index in [1.54, 1.807) is 12.4 Å². The molecule has 3 aromatic rings. The number of aromatic amines is 1. The number of nitrogens with one attached hydrogen (secondary N) is 3. The summed E-state index contributed by atoms with van der Waals surface area (Å²) in [6.45, 7) is 10.0. The summed E-state index contributed by atoms with van der Waals surface area (Å²) in [4.78, 5) is 40.1. The number of pyridine rings is 1. The Morgan fingerprint density at radius 3 is 2.38 bits per heavy atom. The van der Waals surface area contributed by atoms with E-state index in [1.165, 1.54) is 25.7 Å². The van der Waals surface area contributed by atoms with Crippen LogP contribution in [0, 0.1) is 33.6 Å². The minimum Gasteiger partial charge on any atom is -0.382 e. The van der Waals surface area contributed by atoms with Crippen LogP contribution >= 0.6 is 0 Å². The van der Waals surface area contributed by atoms with Gasteiger partial charge < -0.3 is 20.5 Å². The van der Waals surface area contributed by atoms with E-state index in [4.69, 9.17) is 0 Å². The Bertz CT molecular complexity index is 1370. The Morgan fingerprint density at radius 1 is 1.05 bits per heavy atom. The van der Waals surface area contributed by atoms with Crippen molar-refractivity contribution in [3.8, 4) is 11.3 Å². The van der Waals surface area contributed by atoms with Crippen molar-refractivity contribution in [1.29, 1.82) is 0 Å². The molecule has 0 spiro atoms. The van der Waals surface area contributed by atoms with Crippen LogP contribution in [0.25, 0.3) is 11.3 Å². The van der Waals surface area contributed by atoms with E-state index < -0.39 is 0 Å². The molecule has 2 heterocycles. The first-order valence-corrected chi connectivity index (χ1v) is 13.9. The fourth-order valence-electron chi connectivity index (χ4n) is 5.64. The average Bonchev–Trinajstić information content (AvgIpc) is 2.89. The number of anilines is 1. The molecule has 3 N–H and O–H groups in total. The Hall–Kier alpha value is -3.52. The number of aryl methyl sites for hydroxylation is 3. The van der Waals surface area contributed by atoms with Crippen molar-refractivity contribution < 1.29 is 4.79 Å². The zero-order chi connectivity index (χ0) is 28.3. The molecule has 4 rings (SSSR count). The first-order valence-electron chi connectivity index (χ1n) is 13.9. The molecule has 0 bridgehead atoms. The number of nitrogens with zero attached hydrogens (tertiary/aromatic N) is 3.